The second kappa shape index (κ2) is 10.7. The Kier molecular flexibility index (Phi) is 10.2. The molecule has 2 heteroatoms. The maximum Gasteiger partial charge on any atom is 0.330 e. The van der Waals surface area contributed by atoms with Crippen LogP contribution in [0.15, 0.2) is 12.2 Å². The topological polar surface area (TPSA) is 26.3 Å². The zero-order valence-electron chi connectivity index (χ0n) is 11.0. The number of esters is 1. The van der Waals surface area contributed by atoms with E-state index in [1.54, 1.807) is 6.08 Å². The van der Waals surface area contributed by atoms with Crippen LogP contribution in [0.2, 0.25) is 0 Å². The molecule has 0 spiro atoms. The van der Waals surface area contributed by atoms with E-state index in [-0.39, 0.29) is 5.97 Å². The van der Waals surface area contributed by atoms with Crippen LogP contribution in [0.25, 0.3) is 0 Å². The van der Waals surface area contributed by atoms with Crippen molar-refractivity contribution in [2.75, 3.05) is 6.61 Å². The molecule has 0 aromatic heterocycles. The fourth-order valence-electron chi connectivity index (χ4n) is 1.61. The molecule has 0 aromatic rings. The van der Waals surface area contributed by atoms with Crippen molar-refractivity contribution in [1.82, 2.24) is 0 Å². The lowest BCUT2D eigenvalue weighted by Gasteiger charge is -2.10. The predicted molar refractivity (Wildman–Crippen MR) is 68.3 cm³/mol. The summed E-state index contributed by atoms with van der Waals surface area (Å²) in [5.41, 5.74) is 0. The van der Waals surface area contributed by atoms with Gasteiger partial charge in [-0.2, -0.15) is 0 Å². The van der Waals surface area contributed by atoms with Gasteiger partial charge < -0.3 is 4.74 Å². The summed E-state index contributed by atoms with van der Waals surface area (Å²) in [6.07, 6.45) is 10.7. The molecule has 0 bridgehead atoms. The van der Waals surface area contributed by atoms with Crippen molar-refractivity contribution in [3.05, 3.63) is 12.2 Å². The monoisotopic (exact) mass is 226 g/mol. The Bertz CT molecular complexity index is 197. The number of carbonyl (C=O) groups is 1. The molecule has 0 amide bonds. The van der Waals surface area contributed by atoms with Crippen LogP contribution in [0.3, 0.4) is 0 Å². The van der Waals surface area contributed by atoms with Crippen molar-refractivity contribution < 1.29 is 9.53 Å². The number of allylic oxidation sites excluding steroid dienone is 1. The van der Waals surface area contributed by atoms with Crippen LogP contribution < -0.4 is 0 Å². The molecule has 1 atom stereocenters. The zero-order valence-corrected chi connectivity index (χ0v) is 11.0. The second-order valence-electron chi connectivity index (χ2n) is 4.41. The highest BCUT2D eigenvalue weighted by molar-refractivity contribution is 5.81. The first-order valence-electron chi connectivity index (χ1n) is 6.50. The van der Waals surface area contributed by atoms with Gasteiger partial charge in [-0.05, 0) is 19.3 Å². The number of hydrogen-bond donors (Lipinski definition) is 0. The normalized spacial score (nSPS) is 12.9. The highest BCUT2D eigenvalue weighted by atomic mass is 16.5. The van der Waals surface area contributed by atoms with Gasteiger partial charge in [0.1, 0.15) is 0 Å². The van der Waals surface area contributed by atoms with Crippen LogP contribution in [-0.4, -0.2) is 12.6 Å². The van der Waals surface area contributed by atoms with Gasteiger partial charge in [-0.15, -0.1) is 0 Å². The minimum atomic E-state index is -0.222. The lowest BCUT2D eigenvalue weighted by Crippen LogP contribution is -2.06. The average molecular weight is 226 g/mol. The number of carbonyl (C=O) groups excluding carboxylic acids is 1. The van der Waals surface area contributed by atoms with Gasteiger partial charge in [0.2, 0.25) is 0 Å². The van der Waals surface area contributed by atoms with Gasteiger partial charge in [0.15, 0.2) is 0 Å². The number of rotatable bonds is 9. The fraction of sp³-hybridized carbons (Fsp3) is 0.786. The van der Waals surface area contributed by atoms with Gasteiger partial charge in [0.25, 0.3) is 0 Å². The summed E-state index contributed by atoms with van der Waals surface area (Å²) in [5.74, 6) is 0.441. The molecule has 0 radical (unpaired) electrons. The first-order valence-corrected chi connectivity index (χ1v) is 6.50. The predicted octanol–water partition coefficient (Wildman–Crippen LogP) is 4.10. The smallest absolute Gasteiger partial charge is 0.330 e. The first kappa shape index (κ1) is 15.2. The number of unbranched alkanes of at least 4 members (excludes halogenated alkanes) is 3. The van der Waals surface area contributed by atoms with E-state index >= 15 is 0 Å². The van der Waals surface area contributed by atoms with Crippen molar-refractivity contribution in [3.8, 4) is 0 Å². The van der Waals surface area contributed by atoms with E-state index in [9.17, 15) is 4.79 Å². The number of hydrogen-bond acceptors (Lipinski definition) is 2. The van der Waals surface area contributed by atoms with E-state index in [0.717, 1.165) is 6.42 Å². The minimum Gasteiger partial charge on any atom is -0.463 e. The molecule has 16 heavy (non-hydrogen) atoms. The van der Waals surface area contributed by atoms with Gasteiger partial charge >= 0.3 is 5.97 Å². The lowest BCUT2D eigenvalue weighted by atomic mass is 10.00. The molecule has 0 aliphatic carbocycles. The fourth-order valence-corrected chi connectivity index (χ4v) is 1.61. The van der Waals surface area contributed by atoms with E-state index in [1.165, 1.54) is 38.2 Å². The molecule has 0 saturated carbocycles. The van der Waals surface area contributed by atoms with Gasteiger partial charge in [-0.1, -0.05) is 52.0 Å². The van der Waals surface area contributed by atoms with Crippen molar-refractivity contribution in [2.45, 2.75) is 59.3 Å². The number of ether oxygens (including phenoxy) is 1. The molecule has 0 saturated heterocycles. The molecule has 0 fully saturated rings. The van der Waals surface area contributed by atoms with Crippen LogP contribution in [0, 0.1) is 5.92 Å². The van der Waals surface area contributed by atoms with E-state index < -0.39 is 0 Å². The van der Waals surface area contributed by atoms with Gasteiger partial charge in [-0.3, -0.25) is 0 Å². The summed E-state index contributed by atoms with van der Waals surface area (Å²) in [6, 6.07) is 0. The van der Waals surface area contributed by atoms with E-state index in [0.29, 0.717) is 12.5 Å². The molecule has 0 aromatic carbocycles. The Labute approximate surface area is 100 Å². The highest BCUT2D eigenvalue weighted by Crippen LogP contribution is 2.13. The molecule has 0 heterocycles. The van der Waals surface area contributed by atoms with Crippen molar-refractivity contribution in [2.24, 2.45) is 5.92 Å². The molecule has 0 rings (SSSR count). The summed E-state index contributed by atoms with van der Waals surface area (Å²) in [4.78, 5) is 11.0. The first-order chi connectivity index (χ1) is 7.70. The van der Waals surface area contributed by atoms with Crippen LogP contribution in [0.1, 0.15) is 59.3 Å². The highest BCUT2D eigenvalue weighted by Gasteiger charge is 2.03. The summed E-state index contributed by atoms with van der Waals surface area (Å²) < 4.78 is 5.05. The third-order valence-corrected chi connectivity index (χ3v) is 2.71. The van der Waals surface area contributed by atoms with Crippen LogP contribution in [0.4, 0.5) is 0 Å². The maximum absolute atomic E-state index is 11.0. The Morgan fingerprint density at radius 3 is 2.62 bits per heavy atom. The molecule has 0 N–H and O–H groups in total. The lowest BCUT2D eigenvalue weighted by molar-refractivity contribution is -0.138. The Morgan fingerprint density at radius 1 is 1.25 bits per heavy atom. The minimum absolute atomic E-state index is 0.222. The Morgan fingerprint density at radius 2 is 2.00 bits per heavy atom. The summed E-state index contributed by atoms with van der Waals surface area (Å²) in [7, 11) is 0. The molecule has 94 valence electrons. The summed E-state index contributed by atoms with van der Waals surface area (Å²) >= 11 is 0. The van der Waals surface area contributed by atoms with Crippen molar-refractivity contribution >= 4 is 5.97 Å². The zero-order chi connectivity index (χ0) is 12.2. The van der Waals surface area contributed by atoms with E-state index in [4.69, 9.17) is 4.74 Å². The third kappa shape index (κ3) is 9.75. The molecule has 0 aliphatic rings. The average Bonchev–Trinajstić information content (AvgIpc) is 2.25. The standard InChI is InChI=1S/C14H26O2/c1-4-6-7-8-10-13(3)11-12-16-14(15)9-5-2/h5,9,13H,4,6-8,10-12H2,1-3H3. The Balaban J connectivity index is 3.36. The molecular weight excluding hydrogens is 200 g/mol. The Hall–Kier alpha value is -0.790. The van der Waals surface area contributed by atoms with E-state index in [1.807, 2.05) is 6.92 Å². The summed E-state index contributed by atoms with van der Waals surface area (Å²) in [6.45, 7) is 6.83. The second-order valence-corrected chi connectivity index (χ2v) is 4.41. The van der Waals surface area contributed by atoms with Crippen LogP contribution in [0.5, 0.6) is 0 Å². The molecule has 1 unspecified atom stereocenters. The van der Waals surface area contributed by atoms with Gasteiger partial charge in [-0.25, -0.2) is 4.79 Å². The third-order valence-electron chi connectivity index (χ3n) is 2.71. The van der Waals surface area contributed by atoms with E-state index in [2.05, 4.69) is 13.8 Å². The SMILES string of the molecule is CC=CC(=O)OCCC(C)CCCCCC. The maximum atomic E-state index is 11.0. The van der Waals surface area contributed by atoms with Crippen LogP contribution in [-0.2, 0) is 9.53 Å². The largest absolute Gasteiger partial charge is 0.463 e. The van der Waals surface area contributed by atoms with Crippen LogP contribution >= 0.6 is 0 Å². The van der Waals surface area contributed by atoms with Gasteiger partial charge in [0, 0.05) is 6.08 Å². The quantitative estimate of drug-likeness (QED) is 0.336. The van der Waals surface area contributed by atoms with Crippen molar-refractivity contribution in [1.29, 1.82) is 0 Å². The molecule has 0 aliphatic heterocycles. The molecule has 2 nitrogen and oxygen atoms in total. The summed E-state index contributed by atoms with van der Waals surface area (Å²) in [5, 5.41) is 0. The van der Waals surface area contributed by atoms with Crippen molar-refractivity contribution in [3.63, 3.8) is 0 Å². The van der Waals surface area contributed by atoms with Gasteiger partial charge in [0.05, 0.1) is 6.61 Å². The molecular formula is C14H26O2.